The van der Waals surface area contributed by atoms with Gasteiger partial charge in [0.25, 0.3) is 0 Å². The van der Waals surface area contributed by atoms with Crippen LogP contribution in [-0.2, 0) is 0 Å². The Morgan fingerprint density at radius 2 is 2.10 bits per heavy atom. The van der Waals surface area contributed by atoms with Crippen LogP contribution in [0.2, 0.25) is 0 Å². The molecule has 2 rings (SSSR count). The Balaban J connectivity index is 1.79. The van der Waals surface area contributed by atoms with Gasteiger partial charge >= 0.3 is 5.97 Å². The summed E-state index contributed by atoms with van der Waals surface area (Å²) in [6, 6.07) is 6.63. The Hall–Kier alpha value is -1.59. The van der Waals surface area contributed by atoms with E-state index in [1.54, 1.807) is 12.1 Å². The van der Waals surface area contributed by atoms with Crippen LogP contribution < -0.4 is 4.74 Å². The van der Waals surface area contributed by atoms with E-state index in [0.29, 0.717) is 18.3 Å². The molecule has 0 spiro atoms. The smallest absolute Gasteiger partial charge is 0.335 e. The van der Waals surface area contributed by atoms with E-state index in [4.69, 9.17) is 9.84 Å². The summed E-state index contributed by atoms with van der Waals surface area (Å²) >= 11 is 0. The van der Waals surface area contributed by atoms with E-state index in [1.807, 2.05) is 0 Å². The molecule has 2 atom stereocenters. The molecule has 1 saturated heterocycles. The largest absolute Gasteiger partial charge is 0.492 e. The summed E-state index contributed by atoms with van der Waals surface area (Å²) in [5.41, 5.74) is 0.256. The van der Waals surface area contributed by atoms with E-state index in [2.05, 4.69) is 11.8 Å². The van der Waals surface area contributed by atoms with E-state index < -0.39 is 5.97 Å². The average Bonchev–Trinajstić information content (AvgIpc) is 2.80. The van der Waals surface area contributed by atoms with Crippen LogP contribution in [0.3, 0.4) is 0 Å². The van der Waals surface area contributed by atoms with Crippen molar-refractivity contribution in [3.63, 3.8) is 0 Å². The zero-order chi connectivity index (χ0) is 14.5. The normalized spacial score (nSPS) is 22.9. The van der Waals surface area contributed by atoms with Gasteiger partial charge in [-0.25, -0.2) is 4.79 Å². The van der Waals surface area contributed by atoms with Gasteiger partial charge in [-0.3, -0.25) is 4.90 Å². The number of benzene rings is 1. The molecule has 0 saturated carbocycles. The number of aliphatic hydroxyl groups is 1. The molecule has 5 heteroatoms. The van der Waals surface area contributed by atoms with Gasteiger partial charge in [0.1, 0.15) is 12.4 Å². The number of carboxylic acids is 1. The van der Waals surface area contributed by atoms with Crippen LogP contribution >= 0.6 is 0 Å². The summed E-state index contributed by atoms with van der Waals surface area (Å²) in [6.45, 7) is 4.65. The number of aromatic carboxylic acids is 1. The van der Waals surface area contributed by atoms with E-state index >= 15 is 0 Å². The maximum absolute atomic E-state index is 10.7. The highest BCUT2D eigenvalue weighted by atomic mass is 16.5. The molecular formula is C15H21NO4. The summed E-state index contributed by atoms with van der Waals surface area (Å²) in [7, 11) is 0. The maximum Gasteiger partial charge on any atom is 0.335 e. The third kappa shape index (κ3) is 3.49. The lowest BCUT2D eigenvalue weighted by Gasteiger charge is -2.24. The number of nitrogens with zero attached hydrogens (tertiary/aromatic N) is 1. The first-order chi connectivity index (χ1) is 9.61. The van der Waals surface area contributed by atoms with Crippen molar-refractivity contribution >= 4 is 5.97 Å². The Labute approximate surface area is 118 Å². The monoisotopic (exact) mass is 279 g/mol. The first-order valence-electron chi connectivity index (χ1n) is 6.93. The van der Waals surface area contributed by atoms with Crippen molar-refractivity contribution in [2.24, 2.45) is 5.92 Å². The standard InChI is InChI=1S/C15H21NO4/c1-11-6-7-16(14(11)10-17)8-9-20-13-4-2-12(3-5-13)15(18)19/h2-5,11,14,17H,6-10H2,1H3,(H,18,19). The first-order valence-corrected chi connectivity index (χ1v) is 6.93. The molecule has 0 aromatic heterocycles. The van der Waals surface area contributed by atoms with Crippen molar-refractivity contribution in [2.45, 2.75) is 19.4 Å². The van der Waals surface area contributed by atoms with Crippen molar-refractivity contribution in [2.75, 3.05) is 26.3 Å². The molecule has 5 nitrogen and oxygen atoms in total. The highest BCUT2D eigenvalue weighted by molar-refractivity contribution is 5.87. The van der Waals surface area contributed by atoms with Crippen LogP contribution in [0.15, 0.2) is 24.3 Å². The van der Waals surface area contributed by atoms with Crippen molar-refractivity contribution in [3.8, 4) is 5.75 Å². The molecule has 0 radical (unpaired) electrons. The molecule has 2 N–H and O–H groups in total. The molecule has 1 aromatic carbocycles. The number of likely N-dealkylation sites (tertiary alicyclic amines) is 1. The fourth-order valence-corrected chi connectivity index (χ4v) is 2.64. The predicted octanol–water partition coefficient (Wildman–Crippen LogP) is 1.47. The fraction of sp³-hybridized carbons (Fsp3) is 0.533. The quantitative estimate of drug-likeness (QED) is 0.825. The van der Waals surface area contributed by atoms with E-state index in [0.717, 1.165) is 19.5 Å². The summed E-state index contributed by atoms with van der Waals surface area (Å²) in [5.74, 6) is 0.256. The van der Waals surface area contributed by atoms with Gasteiger partial charge in [0.2, 0.25) is 0 Å². The lowest BCUT2D eigenvalue weighted by Crippen LogP contribution is -2.37. The Morgan fingerprint density at radius 3 is 2.70 bits per heavy atom. The lowest BCUT2D eigenvalue weighted by atomic mass is 10.0. The molecule has 1 fully saturated rings. The highest BCUT2D eigenvalue weighted by Gasteiger charge is 2.29. The lowest BCUT2D eigenvalue weighted by molar-refractivity contribution is 0.0697. The van der Waals surface area contributed by atoms with Gasteiger partial charge in [-0.05, 0) is 43.1 Å². The van der Waals surface area contributed by atoms with Crippen LogP contribution in [0, 0.1) is 5.92 Å². The molecule has 0 bridgehead atoms. The molecule has 0 aliphatic carbocycles. The third-order valence-corrected chi connectivity index (χ3v) is 3.93. The van der Waals surface area contributed by atoms with Crippen LogP contribution in [0.5, 0.6) is 5.75 Å². The number of hydrogen-bond acceptors (Lipinski definition) is 4. The van der Waals surface area contributed by atoms with E-state index in [-0.39, 0.29) is 18.2 Å². The molecule has 1 aliphatic heterocycles. The molecule has 110 valence electrons. The van der Waals surface area contributed by atoms with Crippen molar-refractivity contribution in [1.29, 1.82) is 0 Å². The van der Waals surface area contributed by atoms with Crippen LogP contribution in [0.1, 0.15) is 23.7 Å². The second-order valence-electron chi connectivity index (χ2n) is 5.23. The van der Waals surface area contributed by atoms with E-state index in [1.165, 1.54) is 12.1 Å². The fourth-order valence-electron chi connectivity index (χ4n) is 2.64. The number of carbonyl (C=O) groups is 1. The topological polar surface area (TPSA) is 70.0 Å². The predicted molar refractivity (Wildman–Crippen MR) is 75.1 cm³/mol. The maximum atomic E-state index is 10.7. The second-order valence-corrected chi connectivity index (χ2v) is 5.23. The van der Waals surface area contributed by atoms with Crippen molar-refractivity contribution in [1.82, 2.24) is 4.90 Å². The van der Waals surface area contributed by atoms with Crippen LogP contribution in [0.4, 0.5) is 0 Å². The Morgan fingerprint density at radius 1 is 1.40 bits per heavy atom. The first kappa shape index (κ1) is 14.8. The van der Waals surface area contributed by atoms with Gasteiger partial charge in [0.15, 0.2) is 0 Å². The van der Waals surface area contributed by atoms with Gasteiger partial charge in [0.05, 0.1) is 12.2 Å². The SMILES string of the molecule is CC1CCN(CCOc2ccc(C(=O)O)cc2)C1CO. The van der Waals surface area contributed by atoms with Gasteiger partial charge < -0.3 is 14.9 Å². The Kier molecular flexibility index (Phi) is 4.98. The summed E-state index contributed by atoms with van der Waals surface area (Å²) in [4.78, 5) is 13.0. The van der Waals surface area contributed by atoms with Gasteiger partial charge in [0, 0.05) is 12.6 Å². The molecule has 1 aliphatic rings. The van der Waals surface area contributed by atoms with Gasteiger partial charge in [-0.1, -0.05) is 6.92 Å². The number of aliphatic hydroxyl groups excluding tert-OH is 1. The van der Waals surface area contributed by atoms with Crippen molar-refractivity contribution < 1.29 is 19.7 Å². The Bertz CT molecular complexity index is 446. The van der Waals surface area contributed by atoms with Gasteiger partial charge in [-0.2, -0.15) is 0 Å². The zero-order valence-corrected chi connectivity index (χ0v) is 11.7. The number of ether oxygens (including phenoxy) is 1. The summed E-state index contributed by atoms with van der Waals surface area (Å²) in [5, 5.41) is 18.2. The van der Waals surface area contributed by atoms with Crippen molar-refractivity contribution in [3.05, 3.63) is 29.8 Å². The minimum absolute atomic E-state index is 0.189. The average molecular weight is 279 g/mol. The summed E-state index contributed by atoms with van der Waals surface area (Å²) < 4.78 is 5.61. The second kappa shape index (κ2) is 6.72. The summed E-state index contributed by atoms with van der Waals surface area (Å²) in [6.07, 6.45) is 1.11. The minimum atomic E-state index is -0.937. The third-order valence-electron chi connectivity index (χ3n) is 3.93. The van der Waals surface area contributed by atoms with Crippen LogP contribution in [0.25, 0.3) is 0 Å². The zero-order valence-electron chi connectivity index (χ0n) is 11.7. The molecule has 20 heavy (non-hydrogen) atoms. The minimum Gasteiger partial charge on any atom is -0.492 e. The highest BCUT2D eigenvalue weighted by Crippen LogP contribution is 2.23. The van der Waals surface area contributed by atoms with Crippen LogP contribution in [-0.4, -0.2) is 53.4 Å². The van der Waals surface area contributed by atoms with Gasteiger partial charge in [-0.15, -0.1) is 0 Å². The molecule has 1 heterocycles. The number of rotatable bonds is 6. The number of carboxylic acid groups (broad SMARTS) is 1. The molecule has 1 aromatic rings. The number of hydrogen-bond donors (Lipinski definition) is 2. The molecular weight excluding hydrogens is 258 g/mol. The molecule has 2 unspecified atom stereocenters. The van der Waals surface area contributed by atoms with E-state index in [9.17, 15) is 9.90 Å². The molecule has 0 amide bonds.